The second-order valence-corrected chi connectivity index (χ2v) is 6.86. The molecule has 1 aliphatic carbocycles. The predicted molar refractivity (Wildman–Crippen MR) is 83.9 cm³/mol. The highest BCUT2D eigenvalue weighted by Crippen LogP contribution is 2.33. The fourth-order valence-electron chi connectivity index (χ4n) is 3.10. The van der Waals surface area contributed by atoms with Gasteiger partial charge in [0.25, 0.3) is 0 Å². The highest BCUT2D eigenvalue weighted by Gasteiger charge is 2.28. The summed E-state index contributed by atoms with van der Waals surface area (Å²) in [5, 5.41) is 4.20. The molecule has 4 atom stereocenters. The van der Waals surface area contributed by atoms with Crippen molar-refractivity contribution in [3.8, 4) is 0 Å². The zero-order valence-corrected chi connectivity index (χ0v) is 13.7. The van der Waals surface area contributed by atoms with Crippen LogP contribution < -0.4 is 5.32 Å². The minimum Gasteiger partial charge on any atom is -0.307 e. The molecule has 1 aromatic carbocycles. The first-order chi connectivity index (χ1) is 9.40. The summed E-state index contributed by atoms with van der Waals surface area (Å²) in [6, 6.07) is 3.41. The number of benzene rings is 1. The highest BCUT2D eigenvalue weighted by atomic mass is 35.5. The van der Waals surface area contributed by atoms with Gasteiger partial charge < -0.3 is 5.32 Å². The summed E-state index contributed by atoms with van der Waals surface area (Å²) in [4.78, 5) is 0. The van der Waals surface area contributed by atoms with Crippen LogP contribution in [0.5, 0.6) is 0 Å². The summed E-state index contributed by atoms with van der Waals surface area (Å²) in [6.07, 6.45) is 3.71. The monoisotopic (exact) mass is 317 g/mol. The van der Waals surface area contributed by atoms with Gasteiger partial charge in [-0.15, -0.1) is 0 Å². The number of halogens is 3. The van der Waals surface area contributed by atoms with Gasteiger partial charge in [0.15, 0.2) is 0 Å². The van der Waals surface area contributed by atoms with Crippen LogP contribution in [0.15, 0.2) is 12.1 Å². The van der Waals surface area contributed by atoms with Crippen molar-refractivity contribution in [3.63, 3.8) is 0 Å². The Kier molecular flexibility index (Phi) is 5.33. The van der Waals surface area contributed by atoms with Gasteiger partial charge >= 0.3 is 0 Å². The molecule has 0 spiro atoms. The zero-order chi connectivity index (χ0) is 14.9. The molecule has 0 aromatic heterocycles. The second-order valence-electron chi connectivity index (χ2n) is 6.05. The SMILES string of the molecule is CC(NC1CCCC(C)C1C)c1cc(F)c(Cl)cc1Cl. The van der Waals surface area contributed by atoms with Crippen LogP contribution >= 0.6 is 23.2 Å². The Balaban J connectivity index is 2.12. The number of rotatable bonds is 3. The Morgan fingerprint density at radius 2 is 1.90 bits per heavy atom. The van der Waals surface area contributed by atoms with Crippen molar-refractivity contribution in [2.75, 3.05) is 0 Å². The lowest BCUT2D eigenvalue weighted by molar-refractivity contribution is 0.196. The van der Waals surface area contributed by atoms with Gasteiger partial charge in [-0.25, -0.2) is 4.39 Å². The van der Waals surface area contributed by atoms with Gasteiger partial charge in [0, 0.05) is 17.1 Å². The third-order valence-corrected chi connectivity index (χ3v) is 5.29. The first-order valence-corrected chi connectivity index (χ1v) is 8.06. The molecule has 1 saturated carbocycles. The third-order valence-electron chi connectivity index (χ3n) is 4.68. The van der Waals surface area contributed by atoms with Crippen LogP contribution in [0.1, 0.15) is 51.6 Å². The van der Waals surface area contributed by atoms with E-state index in [-0.39, 0.29) is 11.1 Å². The van der Waals surface area contributed by atoms with Crippen LogP contribution in [0.2, 0.25) is 10.0 Å². The average Bonchev–Trinajstić information content (AvgIpc) is 2.39. The molecule has 1 aromatic rings. The molecule has 4 heteroatoms. The van der Waals surface area contributed by atoms with E-state index in [1.54, 1.807) is 0 Å². The van der Waals surface area contributed by atoms with Crippen LogP contribution in [-0.4, -0.2) is 6.04 Å². The van der Waals surface area contributed by atoms with Gasteiger partial charge in [-0.1, -0.05) is 49.9 Å². The Morgan fingerprint density at radius 3 is 2.60 bits per heavy atom. The predicted octanol–water partition coefficient (Wildman–Crippen LogP) is 5.61. The van der Waals surface area contributed by atoms with Gasteiger partial charge in [-0.3, -0.25) is 0 Å². The molecule has 0 radical (unpaired) electrons. The van der Waals surface area contributed by atoms with Crippen LogP contribution in [0.4, 0.5) is 4.39 Å². The van der Waals surface area contributed by atoms with Crippen LogP contribution in [-0.2, 0) is 0 Å². The summed E-state index contributed by atoms with van der Waals surface area (Å²) in [6.45, 7) is 6.62. The third kappa shape index (κ3) is 3.47. The van der Waals surface area contributed by atoms with E-state index in [1.807, 2.05) is 6.92 Å². The van der Waals surface area contributed by atoms with Crippen molar-refractivity contribution < 1.29 is 4.39 Å². The summed E-state index contributed by atoms with van der Waals surface area (Å²) in [7, 11) is 0. The minimum absolute atomic E-state index is 0.0204. The zero-order valence-electron chi connectivity index (χ0n) is 12.2. The highest BCUT2D eigenvalue weighted by molar-refractivity contribution is 6.35. The van der Waals surface area contributed by atoms with E-state index in [0.29, 0.717) is 17.0 Å². The van der Waals surface area contributed by atoms with Crippen LogP contribution in [0.3, 0.4) is 0 Å². The lowest BCUT2D eigenvalue weighted by Crippen LogP contribution is -2.41. The molecule has 112 valence electrons. The fraction of sp³-hybridized carbons (Fsp3) is 0.625. The molecule has 0 aliphatic heterocycles. The van der Waals surface area contributed by atoms with Gasteiger partial charge in [-0.2, -0.15) is 0 Å². The van der Waals surface area contributed by atoms with Crippen LogP contribution in [0, 0.1) is 17.7 Å². The number of nitrogens with one attached hydrogen (secondary N) is 1. The lowest BCUT2D eigenvalue weighted by atomic mass is 9.77. The summed E-state index contributed by atoms with van der Waals surface area (Å²) in [5.74, 6) is 0.942. The van der Waals surface area contributed by atoms with E-state index in [9.17, 15) is 4.39 Å². The van der Waals surface area contributed by atoms with Gasteiger partial charge in [-0.05, 0) is 42.9 Å². The Morgan fingerprint density at radius 1 is 1.20 bits per heavy atom. The summed E-state index contributed by atoms with van der Waals surface area (Å²) in [5.41, 5.74) is 0.777. The first-order valence-electron chi connectivity index (χ1n) is 7.30. The van der Waals surface area contributed by atoms with E-state index in [1.165, 1.54) is 31.4 Å². The smallest absolute Gasteiger partial charge is 0.142 e. The second kappa shape index (κ2) is 6.64. The maximum Gasteiger partial charge on any atom is 0.142 e. The normalized spacial score (nSPS) is 28.4. The summed E-state index contributed by atoms with van der Waals surface area (Å²) >= 11 is 11.9. The average molecular weight is 318 g/mol. The van der Waals surface area contributed by atoms with E-state index < -0.39 is 5.82 Å². The molecule has 1 fully saturated rings. The standard InChI is InChI=1S/C16H22Cl2FN/c1-9-5-4-6-16(10(9)2)20-11(3)12-7-15(19)14(18)8-13(12)17/h7-11,16,20H,4-6H2,1-3H3. The molecule has 1 N–H and O–H groups in total. The van der Waals surface area contributed by atoms with Crippen molar-refractivity contribution in [1.82, 2.24) is 5.32 Å². The molecular weight excluding hydrogens is 296 g/mol. The van der Waals surface area contributed by atoms with Gasteiger partial charge in [0.1, 0.15) is 5.82 Å². The van der Waals surface area contributed by atoms with E-state index in [0.717, 1.165) is 11.5 Å². The van der Waals surface area contributed by atoms with Crippen molar-refractivity contribution in [3.05, 3.63) is 33.6 Å². The van der Waals surface area contributed by atoms with Crippen molar-refractivity contribution in [1.29, 1.82) is 0 Å². The maximum absolute atomic E-state index is 13.6. The van der Waals surface area contributed by atoms with Crippen molar-refractivity contribution in [2.24, 2.45) is 11.8 Å². The Labute approximate surface area is 130 Å². The minimum atomic E-state index is -0.412. The first kappa shape index (κ1) is 16.1. The fourth-order valence-corrected chi connectivity index (χ4v) is 3.64. The van der Waals surface area contributed by atoms with Crippen LogP contribution in [0.25, 0.3) is 0 Å². The molecule has 0 heterocycles. The molecule has 0 amide bonds. The van der Waals surface area contributed by atoms with Gasteiger partial charge in [0.2, 0.25) is 0 Å². The molecule has 20 heavy (non-hydrogen) atoms. The topological polar surface area (TPSA) is 12.0 Å². The number of hydrogen-bond acceptors (Lipinski definition) is 1. The van der Waals surface area contributed by atoms with E-state index in [4.69, 9.17) is 23.2 Å². The van der Waals surface area contributed by atoms with E-state index >= 15 is 0 Å². The molecular formula is C16H22Cl2FN. The Bertz CT molecular complexity index is 478. The molecule has 4 unspecified atom stereocenters. The molecule has 2 rings (SSSR count). The maximum atomic E-state index is 13.6. The quantitative estimate of drug-likeness (QED) is 0.715. The molecule has 0 saturated heterocycles. The summed E-state index contributed by atoms with van der Waals surface area (Å²) < 4.78 is 13.6. The number of hydrogen-bond donors (Lipinski definition) is 1. The largest absolute Gasteiger partial charge is 0.307 e. The van der Waals surface area contributed by atoms with Crippen molar-refractivity contribution >= 4 is 23.2 Å². The lowest BCUT2D eigenvalue weighted by Gasteiger charge is -2.36. The molecule has 1 aliphatic rings. The Hall–Kier alpha value is -0.310. The molecule has 1 nitrogen and oxygen atoms in total. The van der Waals surface area contributed by atoms with E-state index in [2.05, 4.69) is 19.2 Å². The van der Waals surface area contributed by atoms with Gasteiger partial charge in [0.05, 0.1) is 5.02 Å². The molecule has 0 bridgehead atoms. The van der Waals surface area contributed by atoms with Crippen molar-refractivity contribution in [2.45, 2.75) is 52.1 Å².